The maximum absolute atomic E-state index is 11.5. The molecule has 0 saturated carbocycles. The second-order valence-electron chi connectivity index (χ2n) is 4.48. The Hall–Kier alpha value is -3.03. The Morgan fingerprint density at radius 1 is 1.29 bits per heavy atom. The number of carbonyl (C=O) groups is 1. The van der Waals surface area contributed by atoms with Gasteiger partial charge in [-0.15, -0.1) is 0 Å². The summed E-state index contributed by atoms with van der Waals surface area (Å²) in [7, 11) is 3.53. The number of pyridine rings is 1. The molecule has 3 heterocycles. The SMILES string of the molecule is CNc1ncc(-c2cncc3c2ncn3C)nc1C(N)=O. The summed E-state index contributed by atoms with van der Waals surface area (Å²) in [6.45, 7) is 0. The highest BCUT2D eigenvalue weighted by molar-refractivity contribution is 5.97. The lowest BCUT2D eigenvalue weighted by molar-refractivity contribution is 0.0996. The molecule has 0 aliphatic carbocycles. The van der Waals surface area contributed by atoms with Crippen LogP contribution < -0.4 is 11.1 Å². The van der Waals surface area contributed by atoms with E-state index in [1.807, 2.05) is 11.6 Å². The fourth-order valence-electron chi connectivity index (χ4n) is 2.10. The third kappa shape index (κ3) is 2.06. The van der Waals surface area contributed by atoms with Crippen molar-refractivity contribution in [3.63, 3.8) is 0 Å². The number of fused-ring (bicyclic) bond motifs is 1. The number of anilines is 1. The molecule has 3 N–H and O–H groups in total. The first-order valence-corrected chi connectivity index (χ1v) is 6.22. The van der Waals surface area contributed by atoms with Crippen molar-refractivity contribution < 1.29 is 4.79 Å². The van der Waals surface area contributed by atoms with Crippen LogP contribution in [0.25, 0.3) is 22.3 Å². The highest BCUT2D eigenvalue weighted by Gasteiger charge is 2.15. The van der Waals surface area contributed by atoms with Crippen LogP contribution in [0.15, 0.2) is 24.9 Å². The van der Waals surface area contributed by atoms with Gasteiger partial charge in [0.25, 0.3) is 5.91 Å². The summed E-state index contributed by atoms with van der Waals surface area (Å²) in [6, 6.07) is 0. The second-order valence-corrected chi connectivity index (χ2v) is 4.48. The quantitative estimate of drug-likeness (QED) is 0.726. The maximum Gasteiger partial charge on any atom is 0.271 e. The summed E-state index contributed by atoms with van der Waals surface area (Å²) in [6.07, 6.45) is 6.61. The molecule has 0 bridgehead atoms. The van der Waals surface area contributed by atoms with Gasteiger partial charge < -0.3 is 15.6 Å². The van der Waals surface area contributed by atoms with E-state index in [4.69, 9.17) is 5.73 Å². The van der Waals surface area contributed by atoms with E-state index in [1.165, 1.54) is 0 Å². The van der Waals surface area contributed by atoms with Gasteiger partial charge in [-0.3, -0.25) is 9.78 Å². The van der Waals surface area contributed by atoms with Gasteiger partial charge in [-0.05, 0) is 0 Å². The van der Waals surface area contributed by atoms with E-state index in [-0.39, 0.29) is 5.69 Å². The topological polar surface area (TPSA) is 112 Å². The van der Waals surface area contributed by atoms with E-state index >= 15 is 0 Å². The number of hydrogen-bond donors (Lipinski definition) is 2. The molecule has 106 valence electrons. The van der Waals surface area contributed by atoms with Crippen LogP contribution in [0, 0.1) is 0 Å². The molecule has 3 aromatic rings. The van der Waals surface area contributed by atoms with E-state index in [0.717, 1.165) is 11.0 Å². The Kier molecular flexibility index (Phi) is 2.98. The number of nitrogens with two attached hydrogens (primary N) is 1. The van der Waals surface area contributed by atoms with Crippen molar-refractivity contribution in [2.45, 2.75) is 0 Å². The molecule has 0 unspecified atom stereocenters. The molecule has 0 radical (unpaired) electrons. The van der Waals surface area contributed by atoms with Crippen LogP contribution in [0.2, 0.25) is 0 Å². The molecule has 0 fully saturated rings. The van der Waals surface area contributed by atoms with Crippen molar-refractivity contribution in [3.05, 3.63) is 30.6 Å². The molecule has 21 heavy (non-hydrogen) atoms. The van der Waals surface area contributed by atoms with Gasteiger partial charge in [0.2, 0.25) is 0 Å². The average Bonchev–Trinajstić information content (AvgIpc) is 2.88. The van der Waals surface area contributed by atoms with Crippen LogP contribution in [0.4, 0.5) is 5.82 Å². The van der Waals surface area contributed by atoms with Gasteiger partial charge in [-0.1, -0.05) is 0 Å². The zero-order valence-corrected chi connectivity index (χ0v) is 11.5. The normalized spacial score (nSPS) is 10.8. The van der Waals surface area contributed by atoms with Crippen LogP contribution in [0.1, 0.15) is 10.5 Å². The molecular weight excluding hydrogens is 270 g/mol. The smallest absolute Gasteiger partial charge is 0.271 e. The van der Waals surface area contributed by atoms with Gasteiger partial charge in [0.15, 0.2) is 11.5 Å². The number of imidazole rings is 1. The number of amides is 1. The first kappa shape index (κ1) is 13.0. The highest BCUT2D eigenvalue weighted by atomic mass is 16.1. The summed E-state index contributed by atoms with van der Waals surface area (Å²) >= 11 is 0. The minimum Gasteiger partial charge on any atom is -0.371 e. The lowest BCUT2D eigenvalue weighted by Crippen LogP contribution is -2.17. The molecular formula is C13H13N7O. The second kappa shape index (κ2) is 4.82. The fraction of sp³-hybridized carbons (Fsp3) is 0.154. The zero-order valence-electron chi connectivity index (χ0n) is 11.5. The Morgan fingerprint density at radius 2 is 2.10 bits per heavy atom. The van der Waals surface area contributed by atoms with Crippen LogP contribution in [-0.4, -0.2) is 37.5 Å². The zero-order chi connectivity index (χ0) is 15.0. The van der Waals surface area contributed by atoms with Crippen LogP contribution in [0.3, 0.4) is 0 Å². The summed E-state index contributed by atoms with van der Waals surface area (Å²) in [5, 5.41) is 2.79. The number of aromatic nitrogens is 5. The molecule has 8 nitrogen and oxygen atoms in total. The van der Waals surface area contributed by atoms with Crippen LogP contribution in [-0.2, 0) is 7.05 Å². The van der Waals surface area contributed by atoms with Gasteiger partial charge in [-0.25, -0.2) is 15.0 Å². The van der Waals surface area contributed by atoms with Crippen molar-refractivity contribution >= 4 is 22.8 Å². The number of hydrogen-bond acceptors (Lipinski definition) is 6. The predicted octanol–water partition coefficient (Wildman–Crippen LogP) is 0.566. The van der Waals surface area contributed by atoms with Gasteiger partial charge in [-0.2, -0.15) is 0 Å². The van der Waals surface area contributed by atoms with Gasteiger partial charge in [0.05, 0.1) is 29.9 Å². The number of aryl methyl sites for hydroxylation is 1. The van der Waals surface area contributed by atoms with E-state index in [0.29, 0.717) is 17.1 Å². The Morgan fingerprint density at radius 3 is 2.81 bits per heavy atom. The molecule has 0 aromatic carbocycles. The number of rotatable bonds is 3. The standard InChI is InChI=1S/C13H13N7O/c1-15-13-11(12(14)21)19-8(4-17-13)7-3-16-5-9-10(7)18-6-20(9)2/h3-6H,1-2H3,(H2,14,21)(H,15,17). The van der Waals surface area contributed by atoms with E-state index < -0.39 is 5.91 Å². The maximum atomic E-state index is 11.5. The van der Waals surface area contributed by atoms with Crippen molar-refractivity contribution in [2.75, 3.05) is 12.4 Å². The molecule has 0 spiro atoms. The average molecular weight is 283 g/mol. The summed E-state index contributed by atoms with van der Waals surface area (Å²) in [5.74, 6) is -0.303. The van der Waals surface area contributed by atoms with Gasteiger partial charge in [0, 0.05) is 25.9 Å². The van der Waals surface area contributed by atoms with Crippen LogP contribution >= 0.6 is 0 Å². The number of nitrogens with one attached hydrogen (secondary N) is 1. The molecule has 3 aromatic heterocycles. The summed E-state index contributed by atoms with van der Waals surface area (Å²) in [4.78, 5) is 28.4. The molecule has 0 saturated heterocycles. The monoisotopic (exact) mass is 283 g/mol. The van der Waals surface area contributed by atoms with Crippen LogP contribution in [0.5, 0.6) is 0 Å². The van der Waals surface area contributed by atoms with E-state index in [1.54, 1.807) is 32.0 Å². The molecule has 1 amide bonds. The molecule has 0 aliphatic rings. The largest absolute Gasteiger partial charge is 0.371 e. The Labute approximate surface area is 120 Å². The van der Waals surface area contributed by atoms with E-state index in [9.17, 15) is 4.79 Å². The molecule has 3 rings (SSSR count). The first-order valence-electron chi connectivity index (χ1n) is 6.22. The minimum atomic E-state index is -0.644. The Balaban J connectivity index is 2.23. The fourth-order valence-corrected chi connectivity index (χ4v) is 2.10. The van der Waals surface area contributed by atoms with Crippen molar-refractivity contribution in [2.24, 2.45) is 12.8 Å². The first-order chi connectivity index (χ1) is 10.1. The predicted molar refractivity (Wildman–Crippen MR) is 77.6 cm³/mol. The molecule has 0 atom stereocenters. The lowest BCUT2D eigenvalue weighted by Gasteiger charge is -2.07. The van der Waals surface area contributed by atoms with Gasteiger partial charge >= 0.3 is 0 Å². The van der Waals surface area contributed by atoms with Crippen molar-refractivity contribution in [3.8, 4) is 11.3 Å². The minimum absolute atomic E-state index is 0.0861. The lowest BCUT2D eigenvalue weighted by atomic mass is 10.2. The summed E-state index contributed by atoms with van der Waals surface area (Å²) < 4.78 is 1.86. The van der Waals surface area contributed by atoms with Gasteiger partial charge in [0.1, 0.15) is 5.52 Å². The molecule has 8 heteroatoms. The summed E-state index contributed by atoms with van der Waals surface area (Å²) in [5.41, 5.74) is 8.24. The number of nitrogens with zero attached hydrogens (tertiary/aromatic N) is 5. The molecule has 0 aliphatic heterocycles. The number of primary amides is 1. The number of carbonyl (C=O) groups excluding carboxylic acids is 1. The highest BCUT2D eigenvalue weighted by Crippen LogP contribution is 2.25. The van der Waals surface area contributed by atoms with E-state index in [2.05, 4.69) is 25.3 Å². The van der Waals surface area contributed by atoms with Crippen molar-refractivity contribution in [1.82, 2.24) is 24.5 Å². The Bertz CT molecular complexity index is 840. The van der Waals surface area contributed by atoms with Crippen molar-refractivity contribution in [1.29, 1.82) is 0 Å². The third-order valence-corrected chi connectivity index (χ3v) is 3.16. The third-order valence-electron chi connectivity index (χ3n) is 3.16.